The number of aryl methyl sites for hydroxylation is 1. The Labute approximate surface area is 96.5 Å². The van der Waals surface area contributed by atoms with E-state index in [-0.39, 0.29) is 23.1 Å². The van der Waals surface area contributed by atoms with Crippen LogP contribution in [-0.2, 0) is 0 Å². The van der Waals surface area contributed by atoms with Gasteiger partial charge in [-0.25, -0.2) is 0 Å². The third-order valence-electron chi connectivity index (χ3n) is 1.90. The monoisotopic (exact) mass is 182 g/mol. The van der Waals surface area contributed by atoms with Gasteiger partial charge >= 0.3 is 23.1 Å². The van der Waals surface area contributed by atoms with Crippen LogP contribution >= 0.6 is 0 Å². The molecule has 0 unspecified atom stereocenters. The number of hydrogen-bond acceptors (Lipinski definition) is 0. The minimum absolute atomic E-state index is 0. The molecule has 0 aromatic heterocycles. The van der Waals surface area contributed by atoms with Gasteiger partial charge in [-0.15, -0.1) is 35.0 Å². The van der Waals surface area contributed by atoms with Crippen LogP contribution in [0.4, 0.5) is 0 Å². The van der Waals surface area contributed by atoms with Crippen molar-refractivity contribution in [1.29, 1.82) is 0 Å². The van der Waals surface area contributed by atoms with Gasteiger partial charge in [-0.1, -0.05) is 13.0 Å². The Hall–Kier alpha value is -0.404. The van der Waals surface area contributed by atoms with E-state index in [0.717, 1.165) is 0 Å². The molecule has 0 saturated carbocycles. The molecule has 2 rings (SSSR count). The summed E-state index contributed by atoms with van der Waals surface area (Å²) in [6, 6.07) is 12.8. The largest absolute Gasteiger partial charge is 2.00 e. The van der Waals surface area contributed by atoms with Crippen molar-refractivity contribution >= 4 is 33.8 Å². The zero-order valence-electron chi connectivity index (χ0n) is 8.38. The van der Waals surface area contributed by atoms with Crippen LogP contribution in [0.15, 0.2) is 36.4 Å². The van der Waals surface area contributed by atoms with Crippen LogP contribution in [0.25, 0.3) is 10.8 Å². The van der Waals surface area contributed by atoms with E-state index in [0.29, 0.717) is 0 Å². The summed E-state index contributed by atoms with van der Waals surface area (Å²) < 4.78 is 0. The van der Waals surface area contributed by atoms with Crippen molar-refractivity contribution in [2.24, 2.45) is 0 Å². The van der Waals surface area contributed by atoms with Crippen molar-refractivity contribution in [3.8, 4) is 0 Å². The van der Waals surface area contributed by atoms with Gasteiger partial charge in [0.25, 0.3) is 0 Å². The maximum Gasteiger partial charge on any atom is 2.00 e. The van der Waals surface area contributed by atoms with Gasteiger partial charge < -0.3 is 6.92 Å². The van der Waals surface area contributed by atoms with Crippen LogP contribution in [0, 0.1) is 13.8 Å². The quantitative estimate of drug-likeness (QED) is 0.433. The van der Waals surface area contributed by atoms with E-state index in [4.69, 9.17) is 0 Å². The van der Waals surface area contributed by atoms with Crippen LogP contribution in [0.5, 0.6) is 0 Å². The number of rotatable bonds is 0. The molecule has 2 aromatic carbocycles. The molecular formula is C12H14Mg. The van der Waals surface area contributed by atoms with E-state index in [9.17, 15) is 0 Å². The summed E-state index contributed by atoms with van der Waals surface area (Å²) in [5.41, 5.74) is 1.37. The van der Waals surface area contributed by atoms with Crippen molar-refractivity contribution in [3.63, 3.8) is 0 Å². The first-order valence-electron chi connectivity index (χ1n) is 4.20. The van der Waals surface area contributed by atoms with Crippen molar-refractivity contribution in [2.45, 2.75) is 13.8 Å². The third kappa shape index (κ3) is 2.78. The maximum absolute atomic E-state index is 3.25. The molecule has 0 heterocycles. The fraction of sp³-hybridized carbons (Fsp3) is 0.167. The number of fused-ring (bicyclic) bond motifs is 1. The predicted molar refractivity (Wildman–Crippen MR) is 61.1 cm³/mol. The molecule has 0 atom stereocenters. The van der Waals surface area contributed by atoms with Gasteiger partial charge in [0.2, 0.25) is 0 Å². The molecule has 0 aliphatic heterocycles. The SMILES string of the molecule is Cc1c[cH-]c2ccccc12.[CH2-]C.[Mg+2]. The fourth-order valence-electron chi connectivity index (χ4n) is 1.31. The molecule has 0 aliphatic carbocycles. The first-order chi connectivity index (χ1) is 5.88. The molecular weight excluding hydrogens is 168 g/mol. The molecule has 0 amide bonds. The molecule has 0 fully saturated rings. The van der Waals surface area contributed by atoms with E-state index in [2.05, 4.69) is 50.2 Å². The van der Waals surface area contributed by atoms with Crippen molar-refractivity contribution in [2.75, 3.05) is 0 Å². The van der Waals surface area contributed by atoms with E-state index >= 15 is 0 Å². The Morgan fingerprint density at radius 2 is 1.77 bits per heavy atom. The minimum atomic E-state index is 0. The van der Waals surface area contributed by atoms with Gasteiger partial charge in [-0.05, 0) is 0 Å². The predicted octanol–water partition coefficient (Wildman–Crippen LogP) is 3.33. The molecule has 0 nitrogen and oxygen atoms in total. The summed E-state index contributed by atoms with van der Waals surface area (Å²) in [6.45, 7) is 7.14. The smallest absolute Gasteiger partial charge is 0.346 e. The zero-order valence-corrected chi connectivity index (χ0v) is 9.79. The second kappa shape index (κ2) is 6.11. The average Bonchev–Trinajstić information content (AvgIpc) is 2.53. The van der Waals surface area contributed by atoms with Gasteiger partial charge in [-0.2, -0.15) is 18.6 Å². The molecule has 0 spiro atoms. The average molecular weight is 183 g/mol. The van der Waals surface area contributed by atoms with Crippen LogP contribution in [0.2, 0.25) is 0 Å². The zero-order chi connectivity index (χ0) is 8.97. The molecule has 13 heavy (non-hydrogen) atoms. The molecule has 0 bridgehead atoms. The van der Waals surface area contributed by atoms with Gasteiger partial charge in [0.15, 0.2) is 0 Å². The number of benzene rings is 1. The summed E-state index contributed by atoms with van der Waals surface area (Å²) in [7, 11) is 0. The van der Waals surface area contributed by atoms with E-state index in [1.54, 1.807) is 6.92 Å². The van der Waals surface area contributed by atoms with Crippen LogP contribution in [-0.4, -0.2) is 23.1 Å². The maximum atomic E-state index is 3.25. The Balaban J connectivity index is 0.000000451. The minimum Gasteiger partial charge on any atom is -0.346 e. The summed E-state index contributed by atoms with van der Waals surface area (Å²) in [5, 5.41) is 2.72. The van der Waals surface area contributed by atoms with Crippen LogP contribution in [0.3, 0.4) is 0 Å². The summed E-state index contributed by atoms with van der Waals surface area (Å²) >= 11 is 0. The van der Waals surface area contributed by atoms with Gasteiger partial charge in [0.1, 0.15) is 0 Å². The second-order valence-electron chi connectivity index (χ2n) is 2.60. The molecule has 0 radical (unpaired) electrons. The fourth-order valence-corrected chi connectivity index (χ4v) is 1.31. The van der Waals surface area contributed by atoms with Gasteiger partial charge in [0.05, 0.1) is 0 Å². The van der Waals surface area contributed by atoms with Crippen LogP contribution < -0.4 is 0 Å². The molecule has 64 valence electrons. The Kier molecular flexibility index (Phi) is 5.92. The van der Waals surface area contributed by atoms with Crippen molar-refractivity contribution in [3.05, 3.63) is 48.9 Å². The topological polar surface area (TPSA) is 0 Å². The van der Waals surface area contributed by atoms with E-state index in [1.807, 2.05) is 0 Å². The first kappa shape index (κ1) is 12.6. The summed E-state index contributed by atoms with van der Waals surface area (Å²) in [6.07, 6.45) is 0. The molecule has 1 heteroatoms. The normalized spacial score (nSPS) is 8.54. The summed E-state index contributed by atoms with van der Waals surface area (Å²) in [5.74, 6) is 0. The second-order valence-corrected chi connectivity index (χ2v) is 2.60. The van der Waals surface area contributed by atoms with Gasteiger partial charge in [-0.3, -0.25) is 0 Å². The van der Waals surface area contributed by atoms with Gasteiger partial charge in [0, 0.05) is 0 Å². The third-order valence-corrected chi connectivity index (χ3v) is 1.90. The van der Waals surface area contributed by atoms with E-state index < -0.39 is 0 Å². The summed E-state index contributed by atoms with van der Waals surface area (Å²) in [4.78, 5) is 0. The molecule has 0 saturated heterocycles. The standard InChI is InChI=1S/C10H9.C2H5.Mg/c1-8-6-7-9-4-2-3-5-10(8)9;1-2;/h2-7H,1H3;1H2,2H3;/q2*-1;+2. The Morgan fingerprint density at radius 3 is 2.38 bits per heavy atom. The van der Waals surface area contributed by atoms with Crippen molar-refractivity contribution < 1.29 is 0 Å². The van der Waals surface area contributed by atoms with Crippen molar-refractivity contribution in [1.82, 2.24) is 0 Å². The van der Waals surface area contributed by atoms with Crippen LogP contribution in [0.1, 0.15) is 12.5 Å². The number of hydrogen-bond donors (Lipinski definition) is 0. The molecule has 0 aliphatic rings. The molecule has 0 N–H and O–H groups in total. The molecule has 2 aromatic rings. The Morgan fingerprint density at radius 1 is 1.15 bits per heavy atom. The Bertz CT molecular complexity index is 347. The van der Waals surface area contributed by atoms with E-state index in [1.165, 1.54) is 16.3 Å². The first-order valence-corrected chi connectivity index (χ1v) is 4.20.